The average molecular weight is 416 g/mol. The Balaban J connectivity index is 0.00000312. The van der Waals surface area contributed by atoms with Crippen LogP contribution in [0.4, 0.5) is 10.1 Å². The van der Waals surface area contributed by atoms with Crippen molar-refractivity contribution < 1.29 is 21.2 Å². The van der Waals surface area contributed by atoms with Crippen molar-refractivity contribution in [1.29, 1.82) is 0 Å². The molecule has 25 heavy (non-hydrogen) atoms. The number of nitrogens with zero attached hydrogens (tertiary/aromatic N) is 1. The van der Waals surface area contributed by atoms with Gasteiger partial charge < -0.3 is 5.32 Å². The van der Waals surface area contributed by atoms with E-state index in [1.807, 2.05) is 6.92 Å². The number of anilines is 1. The van der Waals surface area contributed by atoms with Crippen LogP contribution in [0.15, 0.2) is 23.1 Å². The quantitative estimate of drug-likeness (QED) is 0.757. The third-order valence-corrected chi connectivity index (χ3v) is 7.44. The summed E-state index contributed by atoms with van der Waals surface area (Å²) in [6.07, 6.45) is 0. The second-order valence-corrected chi connectivity index (χ2v) is 9.65. The molecule has 11 heteroatoms. The lowest BCUT2D eigenvalue weighted by molar-refractivity contribution is 0.233. The van der Waals surface area contributed by atoms with Crippen molar-refractivity contribution in [3.63, 3.8) is 0 Å². The molecule has 1 fully saturated rings. The molecule has 1 saturated heterocycles. The van der Waals surface area contributed by atoms with Crippen molar-refractivity contribution in [1.82, 2.24) is 9.62 Å². The van der Waals surface area contributed by atoms with Crippen molar-refractivity contribution in [2.75, 3.05) is 23.6 Å². The Morgan fingerprint density at radius 1 is 1.28 bits per heavy atom. The second-order valence-electron chi connectivity index (χ2n) is 5.75. The van der Waals surface area contributed by atoms with Gasteiger partial charge in [-0.3, -0.25) is 4.72 Å². The first-order valence-electron chi connectivity index (χ1n) is 7.63. The summed E-state index contributed by atoms with van der Waals surface area (Å²) < 4.78 is 66.1. The van der Waals surface area contributed by atoms with Crippen LogP contribution in [-0.2, 0) is 20.0 Å². The van der Waals surface area contributed by atoms with Crippen LogP contribution in [0.25, 0.3) is 0 Å². The number of rotatable bonds is 5. The fraction of sp³-hybridized carbons (Fsp3) is 0.571. The van der Waals surface area contributed by atoms with Gasteiger partial charge in [-0.1, -0.05) is 0 Å². The fourth-order valence-electron chi connectivity index (χ4n) is 2.48. The van der Waals surface area contributed by atoms with Gasteiger partial charge in [0, 0.05) is 25.2 Å². The van der Waals surface area contributed by atoms with E-state index in [4.69, 9.17) is 0 Å². The minimum Gasteiger partial charge on any atom is -0.311 e. The second kappa shape index (κ2) is 8.17. The molecule has 0 amide bonds. The summed E-state index contributed by atoms with van der Waals surface area (Å²) in [7, 11) is -7.49. The van der Waals surface area contributed by atoms with Gasteiger partial charge in [-0.25, -0.2) is 21.2 Å². The van der Waals surface area contributed by atoms with Crippen LogP contribution in [0.3, 0.4) is 0 Å². The van der Waals surface area contributed by atoms with E-state index in [2.05, 4.69) is 10.0 Å². The molecule has 1 aliphatic heterocycles. The average Bonchev–Trinajstić information content (AvgIpc) is 2.51. The van der Waals surface area contributed by atoms with Gasteiger partial charge >= 0.3 is 0 Å². The van der Waals surface area contributed by atoms with Gasteiger partial charge in [0.05, 0.1) is 16.3 Å². The summed E-state index contributed by atoms with van der Waals surface area (Å²) in [4.78, 5) is -0.194. The van der Waals surface area contributed by atoms with Crippen molar-refractivity contribution in [3.8, 4) is 0 Å². The largest absolute Gasteiger partial charge is 0.311 e. The third kappa shape index (κ3) is 4.82. The highest BCUT2D eigenvalue weighted by atomic mass is 35.5. The highest BCUT2D eigenvalue weighted by Gasteiger charge is 2.34. The number of nitrogens with one attached hydrogen (secondary N) is 2. The van der Waals surface area contributed by atoms with E-state index in [1.54, 1.807) is 6.92 Å². The molecule has 2 N–H and O–H groups in total. The SMILES string of the molecule is CCS(=O)(=O)Nc1ccc(S(=O)(=O)N2CCNC(C)C2C)cc1F.Cl. The summed E-state index contributed by atoms with van der Waals surface area (Å²) in [5.41, 5.74) is -0.266. The van der Waals surface area contributed by atoms with Crippen molar-refractivity contribution in [2.24, 2.45) is 0 Å². The van der Waals surface area contributed by atoms with Crippen LogP contribution in [0.1, 0.15) is 20.8 Å². The minimum absolute atomic E-state index is 0. The van der Waals surface area contributed by atoms with Crippen LogP contribution in [0.5, 0.6) is 0 Å². The Bertz CT molecular complexity index is 817. The van der Waals surface area contributed by atoms with E-state index in [9.17, 15) is 21.2 Å². The maximum atomic E-state index is 14.2. The van der Waals surface area contributed by atoms with Gasteiger partial charge in [-0.2, -0.15) is 4.31 Å². The van der Waals surface area contributed by atoms with E-state index in [0.717, 1.165) is 12.1 Å². The van der Waals surface area contributed by atoms with Gasteiger partial charge in [0.15, 0.2) is 0 Å². The van der Waals surface area contributed by atoms with Crippen LogP contribution < -0.4 is 10.0 Å². The van der Waals surface area contributed by atoms with E-state index < -0.39 is 25.9 Å². The molecule has 0 aliphatic carbocycles. The fourth-order valence-corrected chi connectivity index (χ4v) is 4.84. The molecule has 7 nitrogen and oxygen atoms in total. The Morgan fingerprint density at radius 3 is 2.48 bits per heavy atom. The number of halogens is 2. The summed E-state index contributed by atoms with van der Waals surface area (Å²) in [5.74, 6) is -1.13. The first-order valence-corrected chi connectivity index (χ1v) is 10.7. The van der Waals surface area contributed by atoms with Crippen LogP contribution >= 0.6 is 12.4 Å². The van der Waals surface area contributed by atoms with Crippen LogP contribution in [0.2, 0.25) is 0 Å². The molecule has 2 unspecified atom stereocenters. The monoisotopic (exact) mass is 415 g/mol. The zero-order valence-electron chi connectivity index (χ0n) is 14.2. The Labute approximate surface area is 154 Å². The highest BCUT2D eigenvalue weighted by molar-refractivity contribution is 7.92. The third-order valence-electron chi connectivity index (χ3n) is 4.17. The van der Waals surface area contributed by atoms with Gasteiger partial charge in [0.25, 0.3) is 0 Å². The number of piperazine rings is 1. The van der Waals surface area contributed by atoms with Crippen LogP contribution in [0, 0.1) is 5.82 Å². The summed E-state index contributed by atoms with van der Waals surface area (Å²) >= 11 is 0. The number of sulfonamides is 2. The van der Waals surface area contributed by atoms with Crippen molar-refractivity contribution in [2.45, 2.75) is 37.8 Å². The molecular weight excluding hydrogens is 393 g/mol. The zero-order valence-corrected chi connectivity index (χ0v) is 16.6. The molecule has 144 valence electrons. The number of hydrogen-bond acceptors (Lipinski definition) is 5. The maximum absolute atomic E-state index is 14.2. The lowest BCUT2D eigenvalue weighted by atomic mass is 10.1. The van der Waals surface area contributed by atoms with Crippen molar-refractivity contribution in [3.05, 3.63) is 24.0 Å². The standard InChI is InChI=1S/C14H22FN3O4S2.ClH/c1-4-23(19,20)17-14-6-5-12(9-13(14)15)24(21,22)18-8-7-16-10(2)11(18)3;/h5-6,9-11,16-17H,4,7-8H2,1-3H3;1H. The predicted octanol–water partition coefficient (Wildman–Crippen LogP) is 1.38. The lowest BCUT2D eigenvalue weighted by Gasteiger charge is -2.37. The van der Waals surface area contributed by atoms with E-state index in [-0.39, 0.29) is 40.8 Å². The Kier molecular flexibility index (Phi) is 7.22. The first kappa shape index (κ1) is 22.1. The normalized spacial score (nSPS) is 22.2. The van der Waals surface area contributed by atoms with Gasteiger partial charge in [-0.15, -0.1) is 12.4 Å². The van der Waals surface area contributed by atoms with E-state index in [1.165, 1.54) is 17.3 Å². The number of hydrogen-bond donors (Lipinski definition) is 2. The van der Waals surface area contributed by atoms with Gasteiger partial charge in [-0.05, 0) is 39.0 Å². The molecule has 0 bridgehead atoms. The van der Waals surface area contributed by atoms with Gasteiger partial charge in [0.1, 0.15) is 5.82 Å². The van der Waals surface area contributed by atoms with E-state index >= 15 is 0 Å². The lowest BCUT2D eigenvalue weighted by Crippen LogP contribution is -2.57. The Morgan fingerprint density at radius 2 is 1.92 bits per heavy atom. The van der Waals surface area contributed by atoms with E-state index in [0.29, 0.717) is 13.1 Å². The molecule has 0 saturated carbocycles. The highest BCUT2D eigenvalue weighted by Crippen LogP contribution is 2.25. The molecule has 0 aromatic heterocycles. The number of benzene rings is 1. The maximum Gasteiger partial charge on any atom is 0.243 e. The van der Waals surface area contributed by atoms with Crippen molar-refractivity contribution >= 4 is 38.1 Å². The minimum atomic E-state index is -3.86. The summed E-state index contributed by atoms with van der Waals surface area (Å²) in [6, 6.07) is 2.90. The molecule has 1 aromatic rings. The molecule has 2 atom stereocenters. The first-order chi connectivity index (χ1) is 11.1. The zero-order chi connectivity index (χ0) is 18.1. The summed E-state index contributed by atoms with van der Waals surface area (Å²) in [6.45, 7) is 5.90. The Hall–Kier alpha value is -0.940. The molecule has 0 radical (unpaired) electrons. The predicted molar refractivity (Wildman–Crippen MR) is 97.6 cm³/mol. The molecule has 2 rings (SSSR count). The molecule has 1 heterocycles. The van der Waals surface area contributed by atoms with Crippen LogP contribution in [-0.4, -0.2) is 52.1 Å². The molecule has 1 aliphatic rings. The molecule has 1 aromatic carbocycles. The summed E-state index contributed by atoms with van der Waals surface area (Å²) in [5, 5.41) is 3.18. The smallest absolute Gasteiger partial charge is 0.243 e. The topological polar surface area (TPSA) is 95.6 Å². The van der Waals surface area contributed by atoms with Gasteiger partial charge in [0.2, 0.25) is 20.0 Å². The molecular formula is C14H23ClFN3O4S2. The molecule has 0 spiro atoms.